The Balaban J connectivity index is 0.000000317. The third-order valence-corrected chi connectivity index (χ3v) is 6.77. The largest absolute Gasteiger partial charge is 0.478 e. The monoisotopic (exact) mass is 570 g/mol. The van der Waals surface area contributed by atoms with Gasteiger partial charge in [0.05, 0.1) is 44.7 Å². The highest BCUT2D eigenvalue weighted by atomic mass is 16.6. The number of hydrogen-bond acceptors (Lipinski definition) is 10. The fourth-order valence-electron chi connectivity index (χ4n) is 4.49. The van der Waals surface area contributed by atoms with E-state index in [1.807, 2.05) is 6.92 Å². The van der Waals surface area contributed by atoms with Crippen LogP contribution in [0.4, 0.5) is 0 Å². The van der Waals surface area contributed by atoms with Gasteiger partial charge in [-0.1, -0.05) is 12.8 Å². The maximum Gasteiger partial charge on any atom is 0.346 e. The minimum Gasteiger partial charge on any atom is -0.478 e. The van der Waals surface area contributed by atoms with Gasteiger partial charge in [0.1, 0.15) is 0 Å². The standard InChI is InChI=1S/C18H10O11.C9H12O3/c19-13(20)7-1-3-9(11(5-7)15(23)24)17(27)29-18(28)10-4-2-8(14(21)22)6-12(10)16(25)26;1-9-5-3-2-4-6(9)7(10)12-8(9)11/h1-6H,(H,19,20)(H,21,22)(H,23,24)(H,25,26);6H,2-5H2,1H3. The average Bonchev–Trinajstić information content (AvgIpc) is 3.15. The number of carbonyl (C=O) groups is 8. The number of aromatic carboxylic acids is 4. The zero-order valence-corrected chi connectivity index (χ0v) is 21.2. The lowest BCUT2D eigenvalue weighted by atomic mass is 9.69. The molecule has 2 unspecified atom stereocenters. The lowest BCUT2D eigenvalue weighted by Gasteiger charge is -2.29. The van der Waals surface area contributed by atoms with E-state index >= 15 is 0 Å². The van der Waals surface area contributed by atoms with Gasteiger partial charge in [-0.2, -0.15) is 0 Å². The Bertz CT molecular complexity index is 1420. The second-order valence-electron chi connectivity index (χ2n) is 9.34. The first-order chi connectivity index (χ1) is 19.2. The van der Waals surface area contributed by atoms with Crippen LogP contribution in [0.5, 0.6) is 0 Å². The number of carbonyl (C=O) groups excluding carboxylic acids is 4. The minimum atomic E-state index is -1.66. The molecule has 1 aliphatic heterocycles. The number of carboxylic acid groups (broad SMARTS) is 4. The SMILES string of the molecule is CC12CCCCC1C(=O)OC2=O.O=C(O)c1ccc(C(=O)OC(=O)c2ccc(C(=O)O)cc2C(=O)O)c(C(=O)O)c1. The van der Waals surface area contributed by atoms with Crippen molar-refractivity contribution in [1.29, 1.82) is 0 Å². The predicted octanol–water partition coefficient (Wildman–Crippen LogP) is 2.74. The lowest BCUT2D eigenvalue weighted by molar-refractivity contribution is -0.155. The second-order valence-corrected chi connectivity index (χ2v) is 9.34. The third kappa shape index (κ3) is 6.27. The van der Waals surface area contributed by atoms with Crippen molar-refractivity contribution >= 4 is 47.8 Å². The van der Waals surface area contributed by atoms with Crippen LogP contribution in [0.25, 0.3) is 0 Å². The van der Waals surface area contributed by atoms with Gasteiger partial charge in [0.2, 0.25) is 0 Å². The van der Waals surface area contributed by atoms with E-state index < -0.39 is 74.6 Å². The number of rotatable bonds is 6. The molecule has 1 heterocycles. The molecule has 4 N–H and O–H groups in total. The Morgan fingerprint density at radius 3 is 1.59 bits per heavy atom. The van der Waals surface area contributed by atoms with Gasteiger partial charge in [-0.25, -0.2) is 28.8 Å². The van der Waals surface area contributed by atoms with Gasteiger partial charge < -0.3 is 29.9 Å². The maximum absolute atomic E-state index is 12.2. The summed E-state index contributed by atoms with van der Waals surface area (Å²) in [6.07, 6.45) is 3.71. The van der Waals surface area contributed by atoms with Gasteiger partial charge in [0, 0.05) is 0 Å². The van der Waals surface area contributed by atoms with Crippen LogP contribution in [0.15, 0.2) is 36.4 Å². The van der Waals surface area contributed by atoms with Gasteiger partial charge in [-0.15, -0.1) is 0 Å². The Hall–Kier alpha value is -5.40. The molecular weight excluding hydrogens is 548 g/mol. The molecule has 0 aromatic heterocycles. The first-order valence-electron chi connectivity index (χ1n) is 11.9. The van der Waals surface area contributed by atoms with Crippen molar-refractivity contribution in [3.05, 3.63) is 69.8 Å². The smallest absolute Gasteiger partial charge is 0.346 e. The summed E-state index contributed by atoms with van der Waals surface area (Å²) in [5.41, 5.74) is -4.13. The summed E-state index contributed by atoms with van der Waals surface area (Å²) in [4.78, 5) is 91.3. The van der Waals surface area contributed by atoms with Gasteiger partial charge in [-0.05, 0) is 56.2 Å². The Morgan fingerprint density at radius 2 is 1.20 bits per heavy atom. The molecule has 0 amide bonds. The van der Waals surface area contributed by atoms with Gasteiger partial charge in [0.15, 0.2) is 0 Å². The number of benzene rings is 2. The van der Waals surface area contributed by atoms with Crippen LogP contribution in [0, 0.1) is 11.3 Å². The molecule has 0 bridgehead atoms. The fraction of sp³-hybridized carbons (Fsp3) is 0.259. The second kappa shape index (κ2) is 11.8. The van der Waals surface area contributed by atoms with E-state index in [2.05, 4.69) is 9.47 Å². The van der Waals surface area contributed by atoms with Crippen LogP contribution in [-0.4, -0.2) is 68.2 Å². The average molecular weight is 570 g/mol. The predicted molar refractivity (Wildman–Crippen MR) is 132 cm³/mol. The summed E-state index contributed by atoms with van der Waals surface area (Å²) < 4.78 is 9.14. The van der Waals surface area contributed by atoms with Crippen LogP contribution < -0.4 is 0 Å². The Kier molecular flexibility index (Phi) is 8.66. The molecule has 14 heteroatoms. The molecule has 2 aromatic rings. The van der Waals surface area contributed by atoms with E-state index in [9.17, 15) is 38.4 Å². The maximum atomic E-state index is 12.2. The molecule has 0 spiro atoms. The summed E-state index contributed by atoms with van der Waals surface area (Å²) in [6.45, 7) is 1.85. The molecule has 1 saturated carbocycles. The highest BCUT2D eigenvalue weighted by molar-refractivity contribution is 6.11. The molecule has 1 aliphatic carbocycles. The zero-order valence-electron chi connectivity index (χ0n) is 21.2. The van der Waals surface area contributed by atoms with Gasteiger partial charge in [-0.3, -0.25) is 9.59 Å². The summed E-state index contributed by atoms with van der Waals surface area (Å²) in [5, 5.41) is 36.1. The number of fused-ring (bicyclic) bond motifs is 1. The molecule has 14 nitrogen and oxygen atoms in total. The van der Waals surface area contributed by atoms with Crippen LogP contribution >= 0.6 is 0 Å². The summed E-state index contributed by atoms with van der Waals surface area (Å²) in [6, 6.07) is 4.87. The molecule has 2 aromatic carbocycles. The quantitative estimate of drug-likeness (QED) is 0.289. The molecule has 2 fully saturated rings. The van der Waals surface area contributed by atoms with Crippen molar-refractivity contribution in [1.82, 2.24) is 0 Å². The van der Waals surface area contributed by atoms with Crippen LogP contribution in [0.3, 0.4) is 0 Å². The van der Waals surface area contributed by atoms with Crippen molar-refractivity contribution in [3.8, 4) is 0 Å². The van der Waals surface area contributed by atoms with Crippen LogP contribution in [-0.2, 0) is 19.1 Å². The van der Waals surface area contributed by atoms with Crippen LogP contribution in [0.1, 0.15) is 94.8 Å². The number of cyclic esters (lactones) is 2. The molecule has 2 aliphatic rings. The molecule has 2 atom stereocenters. The molecular formula is C27H22O14. The normalized spacial score (nSPS) is 19.1. The topological polar surface area (TPSA) is 236 Å². The number of hydrogen-bond donors (Lipinski definition) is 4. The Labute approximate surface area is 230 Å². The van der Waals surface area contributed by atoms with Crippen molar-refractivity contribution in [2.45, 2.75) is 32.6 Å². The van der Waals surface area contributed by atoms with Crippen molar-refractivity contribution in [2.24, 2.45) is 11.3 Å². The molecule has 0 radical (unpaired) electrons. The van der Waals surface area contributed by atoms with Crippen molar-refractivity contribution < 1.29 is 68.3 Å². The highest BCUT2D eigenvalue weighted by Gasteiger charge is 2.54. The van der Waals surface area contributed by atoms with Gasteiger partial charge >= 0.3 is 47.8 Å². The number of esters is 4. The third-order valence-electron chi connectivity index (χ3n) is 6.77. The first-order valence-corrected chi connectivity index (χ1v) is 11.9. The molecule has 4 rings (SSSR count). The van der Waals surface area contributed by atoms with Crippen molar-refractivity contribution in [3.63, 3.8) is 0 Å². The summed E-state index contributed by atoms with van der Waals surface area (Å²) in [5.74, 6) is -9.93. The van der Waals surface area contributed by atoms with Gasteiger partial charge in [0.25, 0.3) is 0 Å². The Morgan fingerprint density at radius 1 is 0.732 bits per heavy atom. The molecule has 214 valence electrons. The van der Waals surface area contributed by atoms with E-state index in [0.717, 1.165) is 49.9 Å². The van der Waals surface area contributed by atoms with E-state index in [1.54, 1.807) is 0 Å². The van der Waals surface area contributed by atoms with Crippen molar-refractivity contribution in [2.75, 3.05) is 0 Å². The molecule has 1 saturated heterocycles. The zero-order chi connectivity index (χ0) is 30.6. The van der Waals surface area contributed by atoms with E-state index in [-0.39, 0.29) is 17.9 Å². The van der Waals surface area contributed by atoms with E-state index in [4.69, 9.17) is 20.4 Å². The van der Waals surface area contributed by atoms with Crippen LogP contribution in [0.2, 0.25) is 0 Å². The van der Waals surface area contributed by atoms with E-state index in [1.165, 1.54) is 0 Å². The number of ether oxygens (including phenoxy) is 2. The fourth-order valence-corrected chi connectivity index (χ4v) is 4.49. The molecule has 41 heavy (non-hydrogen) atoms. The highest BCUT2D eigenvalue weighted by Crippen LogP contribution is 2.46. The first kappa shape index (κ1) is 30.1. The lowest BCUT2D eigenvalue weighted by Crippen LogP contribution is -2.33. The summed E-state index contributed by atoms with van der Waals surface area (Å²) >= 11 is 0. The minimum absolute atomic E-state index is 0.154. The van der Waals surface area contributed by atoms with E-state index in [0.29, 0.717) is 12.1 Å². The number of carboxylic acids is 4. The summed E-state index contributed by atoms with van der Waals surface area (Å²) in [7, 11) is 0.